The predicted molar refractivity (Wildman–Crippen MR) is 121 cm³/mol. The second-order valence-electron chi connectivity index (χ2n) is 6.92. The first-order valence-corrected chi connectivity index (χ1v) is 9.63. The number of fused-ring (bicyclic) bond motifs is 1. The number of rotatable bonds is 5. The Hall–Kier alpha value is -4.13. The molecule has 0 aliphatic heterocycles. The third-order valence-corrected chi connectivity index (χ3v) is 4.53. The fraction of sp³-hybridized carbons (Fsp3) is 0.0833. The summed E-state index contributed by atoms with van der Waals surface area (Å²) in [4.78, 5) is 25.4. The van der Waals surface area contributed by atoms with Crippen molar-refractivity contribution in [3.8, 4) is 0 Å². The van der Waals surface area contributed by atoms with E-state index in [4.69, 9.17) is 5.73 Å². The van der Waals surface area contributed by atoms with E-state index in [1.165, 1.54) is 12.1 Å². The van der Waals surface area contributed by atoms with Crippen molar-refractivity contribution in [3.05, 3.63) is 95.4 Å². The third-order valence-electron chi connectivity index (χ3n) is 4.53. The van der Waals surface area contributed by atoms with Gasteiger partial charge in [0.1, 0.15) is 5.82 Å². The van der Waals surface area contributed by atoms with Crippen LogP contribution in [0.3, 0.4) is 0 Å². The number of aromatic nitrogens is 1. The van der Waals surface area contributed by atoms with Crippen LogP contribution >= 0.6 is 0 Å². The summed E-state index contributed by atoms with van der Waals surface area (Å²) in [6.45, 7) is 2.40. The molecule has 1 aromatic heterocycles. The number of para-hydroxylation sites is 2. The molecule has 6 nitrogen and oxygen atoms in total. The van der Waals surface area contributed by atoms with Gasteiger partial charge in [-0.15, -0.1) is 0 Å². The van der Waals surface area contributed by atoms with Gasteiger partial charge in [-0.25, -0.2) is 4.39 Å². The standard InChI is InChI=1S/C15H15N3O2.C9H8FN/c16-13-3-1-2-4-14(13)18-15(20)12-7-5-11(6-8-12)9-17-10-19;1-6-4-7-5-8(10)2-3-9(7)11-6/h1-8,10H,9,16H2,(H,17,19)(H,18,20);2-5,11H,1H3. The number of nitrogens with one attached hydrogen (secondary N) is 3. The zero-order chi connectivity index (χ0) is 22.2. The van der Waals surface area contributed by atoms with Crippen LogP contribution < -0.4 is 16.4 Å². The molecule has 31 heavy (non-hydrogen) atoms. The van der Waals surface area contributed by atoms with Crippen molar-refractivity contribution in [1.29, 1.82) is 0 Å². The summed E-state index contributed by atoms with van der Waals surface area (Å²) in [7, 11) is 0. The van der Waals surface area contributed by atoms with Crippen LogP contribution in [0.1, 0.15) is 21.6 Å². The number of carbonyl (C=O) groups excluding carboxylic acids is 2. The fourth-order valence-corrected chi connectivity index (χ4v) is 2.99. The smallest absolute Gasteiger partial charge is 0.255 e. The fourth-order valence-electron chi connectivity index (χ4n) is 2.99. The minimum atomic E-state index is -0.224. The van der Waals surface area contributed by atoms with Gasteiger partial charge in [-0.2, -0.15) is 0 Å². The lowest BCUT2D eigenvalue weighted by Crippen LogP contribution is -2.14. The third kappa shape index (κ3) is 5.93. The molecule has 0 fully saturated rings. The molecule has 0 spiro atoms. The van der Waals surface area contributed by atoms with E-state index in [0.29, 0.717) is 29.9 Å². The van der Waals surface area contributed by atoms with Crippen molar-refractivity contribution in [2.45, 2.75) is 13.5 Å². The highest BCUT2D eigenvalue weighted by Crippen LogP contribution is 2.18. The molecule has 0 radical (unpaired) electrons. The summed E-state index contributed by atoms with van der Waals surface area (Å²) in [5.74, 6) is -0.408. The van der Waals surface area contributed by atoms with E-state index in [-0.39, 0.29) is 11.7 Å². The van der Waals surface area contributed by atoms with E-state index in [2.05, 4.69) is 15.6 Å². The largest absolute Gasteiger partial charge is 0.397 e. The van der Waals surface area contributed by atoms with Crippen LogP contribution in [0, 0.1) is 12.7 Å². The van der Waals surface area contributed by atoms with Crippen molar-refractivity contribution in [2.24, 2.45) is 0 Å². The number of halogens is 1. The number of aryl methyl sites for hydroxylation is 1. The first kappa shape index (κ1) is 21.6. The molecular formula is C24H23FN4O2. The minimum Gasteiger partial charge on any atom is -0.397 e. The van der Waals surface area contributed by atoms with Gasteiger partial charge >= 0.3 is 0 Å². The van der Waals surface area contributed by atoms with Crippen molar-refractivity contribution >= 4 is 34.6 Å². The molecule has 5 N–H and O–H groups in total. The highest BCUT2D eigenvalue weighted by molar-refractivity contribution is 6.05. The van der Waals surface area contributed by atoms with Crippen molar-refractivity contribution < 1.29 is 14.0 Å². The molecule has 0 bridgehead atoms. The molecule has 0 aliphatic carbocycles. The maximum absolute atomic E-state index is 12.6. The summed E-state index contributed by atoms with van der Waals surface area (Å²) in [5, 5.41) is 6.25. The topological polar surface area (TPSA) is 100 Å². The SMILES string of the molecule is Cc1cc2cc(F)ccc2[nH]1.Nc1ccccc1NC(=O)c1ccc(CNC=O)cc1. The molecule has 0 saturated carbocycles. The number of benzene rings is 3. The minimum absolute atomic E-state index is 0.184. The maximum Gasteiger partial charge on any atom is 0.255 e. The highest BCUT2D eigenvalue weighted by Gasteiger charge is 2.07. The Morgan fingerprint density at radius 3 is 2.52 bits per heavy atom. The van der Waals surface area contributed by atoms with Crippen LogP contribution in [-0.4, -0.2) is 17.3 Å². The first-order chi connectivity index (χ1) is 15.0. The van der Waals surface area contributed by atoms with E-state index in [9.17, 15) is 14.0 Å². The Labute approximate surface area is 179 Å². The first-order valence-electron chi connectivity index (χ1n) is 9.63. The van der Waals surface area contributed by atoms with Gasteiger partial charge in [0, 0.05) is 28.7 Å². The average Bonchev–Trinajstić information content (AvgIpc) is 3.14. The molecule has 4 aromatic rings. The summed E-state index contributed by atoms with van der Waals surface area (Å²) < 4.78 is 12.6. The average molecular weight is 418 g/mol. The quantitative estimate of drug-likeness (QED) is 0.286. The van der Waals surface area contributed by atoms with E-state index < -0.39 is 0 Å². The van der Waals surface area contributed by atoms with E-state index in [1.807, 2.05) is 13.0 Å². The molecule has 3 aromatic carbocycles. The number of hydrogen-bond donors (Lipinski definition) is 4. The lowest BCUT2D eigenvalue weighted by Gasteiger charge is -2.08. The molecule has 0 saturated heterocycles. The number of nitrogens with two attached hydrogens (primary N) is 1. The van der Waals surface area contributed by atoms with E-state index >= 15 is 0 Å². The number of H-pyrrole nitrogens is 1. The molecular weight excluding hydrogens is 395 g/mol. The summed E-state index contributed by atoms with van der Waals surface area (Å²) in [6, 6.07) is 20.7. The molecule has 0 aliphatic rings. The predicted octanol–water partition coefficient (Wildman–Crippen LogP) is 4.38. The van der Waals surface area contributed by atoms with Crippen LogP contribution in [0.2, 0.25) is 0 Å². The molecule has 7 heteroatoms. The molecule has 0 unspecified atom stereocenters. The number of amides is 2. The maximum atomic E-state index is 12.6. The number of aromatic amines is 1. The Kier molecular flexibility index (Phi) is 7.01. The molecule has 0 atom stereocenters. The van der Waals surface area contributed by atoms with Crippen LogP contribution in [0.15, 0.2) is 72.8 Å². The second-order valence-corrected chi connectivity index (χ2v) is 6.92. The Morgan fingerprint density at radius 1 is 1.06 bits per heavy atom. The zero-order valence-corrected chi connectivity index (χ0v) is 17.0. The highest BCUT2D eigenvalue weighted by atomic mass is 19.1. The van der Waals surface area contributed by atoms with Crippen molar-refractivity contribution in [3.63, 3.8) is 0 Å². The van der Waals surface area contributed by atoms with E-state index in [0.717, 1.165) is 22.2 Å². The Morgan fingerprint density at radius 2 is 1.81 bits per heavy atom. The van der Waals surface area contributed by atoms with Gasteiger partial charge < -0.3 is 21.4 Å². The van der Waals surface area contributed by atoms with Gasteiger partial charge in [-0.05, 0) is 61.0 Å². The van der Waals surface area contributed by atoms with Crippen molar-refractivity contribution in [1.82, 2.24) is 10.3 Å². The van der Waals surface area contributed by atoms with Crippen molar-refractivity contribution in [2.75, 3.05) is 11.1 Å². The van der Waals surface area contributed by atoms with Crippen LogP contribution in [0.4, 0.5) is 15.8 Å². The lowest BCUT2D eigenvalue weighted by molar-refractivity contribution is -0.109. The number of carbonyl (C=O) groups is 2. The van der Waals surface area contributed by atoms with Crippen LogP contribution in [-0.2, 0) is 11.3 Å². The molecule has 4 rings (SSSR count). The monoisotopic (exact) mass is 418 g/mol. The molecule has 1 heterocycles. The summed E-state index contributed by atoms with van der Waals surface area (Å²) >= 11 is 0. The van der Waals surface area contributed by atoms with Gasteiger partial charge in [-0.1, -0.05) is 24.3 Å². The molecule has 2 amide bonds. The van der Waals surface area contributed by atoms with Gasteiger partial charge in [0.25, 0.3) is 5.91 Å². The number of hydrogen-bond acceptors (Lipinski definition) is 3. The zero-order valence-electron chi connectivity index (χ0n) is 17.0. The Bertz CT molecular complexity index is 1190. The Balaban J connectivity index is 0.000000207. The number of nitrogen functional groups attached to an aromatic ring is 1. The molecule has 158 valence electrons. The van der Waals surface area contributed by atoms with E-state index in [1.54, 1.807) is 54.6 Å². The number of anilines is 2. The lowest BCUT2D eigenvalue weighted by atomic mass is 10.1. The van der Waals surface area contributed by atoms with Gasteiger partial charge in [0.2, 0.25) is 6.41 Å². The normalized spacial score (nSPS) is 10.1. The summed E-state index contributed by atoms with van der Waals surface area (Å²) in [6.07, 6.45) is 0.638. The van der Waals surface area contributed by atoms with Gasteiger partial charge in [0.15, 0.2) is 0 Å². The van der Waals surface area contributed by atoms with Gasteiger partial charge in [0.05, 0.1) is 11.4 Å². The van der Waals surface area contributed by atoms with Gasteiger partial charge in [-0.3, -0.25) is 9.59 Å². The summed E-state index contributed by atoms with van der Waals surface area (Å²) in [5.41, 5.74) is 10.4. The second kappa shape index (κ2) is 10.1. The van der Waals surface area contributed by atoms with Crippen LogP contribution in [0.5, 0.6) is 0 Å². The van der Waals surface area contributed by atoms with Crippen LogP contribution in [0.25, 0.3) is 10.9 Å².